The summed E-state index contributed by atoms with van der Waals surface area (Å²) in [5.41, 5.74) is 6.41. The van der Waals surface area contributed by atoms with E-state index in [-0.39, 0.29) is 11.9 Å². The first-order valence-corrected chi connectivity index (χ1v) is 8.11. The molecule has 2 rings (SSSR count). The maximum Gasteiger partial charge on any atom is 0.258 e. The first-order chi connectivity index (χ1) is 9.88. The van der Waals surface area contributed by atoms with E-state index in [9.17, 15) is 4.79 Å². The van der Waals surface area contributed by atoms with Crippen LogP contribution in [-0.4, -0.2) is 55.0 Å². The van der Waals surface area contributed by atoms with Crippen LogP contribution in [0.25, 0.3) is 0 Å². The van der Waals surface area contributed by atoms with Gasteiger partial charge in [-0.25, -0.2) is 0 Å². The Balaban J connectivity index is 2.10. The highest BCUT2D eigenvalue weighted by atomic mass is 32.1. The second-order valence-electron chi connectivity index (χ2n) is 6.17. The highest BCUT2D eigenvalue weighted by molar-refractivity contribution is 7.11. The molecule has 1 aliphatic rings. The molecule has 0 radical (unpaired) electrons. The van der Waals surface area contributed by atoms with E-state index in [1.165, 1.54) is 18.0 Å². The molecule has 1 aromatic heterocycles. The third-order valence-corrected chi connectivity index (χ3v) is 4.69. The first-order valence-electron chi connectivity index (χ1n) is 7.34. The largest absolute Gasteiger partial charge is 0.382 e. The molecule has 1 aromatic rings. The number of nitrogens with zero attached hydrogens (tertiary/aromatic N) is 3. The lowest BCUT2D eigenvalue weighted by Gasteiger charge is -2.22. The summed E-state index contributed by atoms with van der Waals surface area (Å²) in [6, 6.07) is 0.0819. The highest BCUT2D eigenvalue weighted by Crippen LogP contribution is 2.31. The van der Waals surface area contributed by atoms with Gasteiger partial charge < -0.3 is 20.9 Å². The van der Waals surface area contributed by atoms with E-state index in [4.69, 9.17) is 5.73 Å². The SMILES string of the molecule is CC(C)NC(=O)c1c(N)nsc1N(C)CC1CCN(C)C1. The monoisotopic (exact) mass is 311 g/mol. The highest BCUT2D eigenvalue weighted by Gasteiger charge is 2.26. The van der Waals surface area contributed by atoms with E-state index < -0.39 is 0 Å². The standard InChI is InChI=1S/C14H25N5OS/c1-9(2)16-13(20)11-12(15)17-21-14(11)19(4)8-10-5-6-18(3)7-10/h9-10H,5-8H2,1-4H3,(H2,15,17)(H,16,20). The molecule has 0 spiro atoms. The predicted octanol–water partition coefficient (Wildman–Crippen LogP) is 1.25. The van der Waals surface area contributed by atoms with Crippen molar-refractivity contribution in [3.63, 3.8) is 0 Å². The number of carbonyl (C=O) groups is 1. The quantitative estimate of drug-likeness (QED) is 0.856. The van der Waals surface area contributed by atoms with Crippen molar-refractivity contribution in [2.45, 2.75) is 26.3 Å². The zero-order chi connectivity index (χ0) is 15.6. The average Bonchev–Trinajstić information content (AvgIpc) is 2.94. The summed E-state index contributed by atoms with van der Waals surface area (Å²) in [7, 11) is 4.16. The number of hydrogen-bond acceptors (Lipinski definition) is 6. The Morgan fingerprint density at radius 2 is 2.33 bits per heavy atom. The van der Waals surface area contributed by atoms with Crippen LogP contribution >= 0.6 is 11.5 Å². The van der Waals surface area contributed by atoms with E-state index in [0.717, 1.165) is 24.6 Å². The summed E-state index contributed by atoms with van der Waals surface area (Å²) in [5, 5.41) is 3.76. The van der Waals surface area contributed by atoms with Crippen molar-refractivity contribution in [1.82, 2.24) is 14.6 Å². The molecule has 0 aliphatic carbocycles. The third-order valence-electron chi connectivity index (χ3n) is 3.71. The van der Waals surface area contributed by atoms with E-state index in [1.807, 2.05) is 20.9 Å². The van der Waals surface area contributed by atoms with Crippen LogP contribution in [0.1, 0.15) is 30.6 Å². The minimum absolute atomic E-state index is 0.0819. The van der Waals surface area contributed by atoms with Gasteiger partial charge in [0.2, 0.25) is 0 Å². The summed E-state index contributed by atoms with van der Waals surface area (Å²) in [5.74, 6) is 0.814. The van der Waals surface area contributed by atoms with Gasteiger partial charge in [0.1, 0.15) is 10.6 Å². The molecule has 1 amide bonds. The second kappa shape index (κ2) is 6.62. The molecule has 2 heterocycles. The summed E-state index contributed by atoms with van der Waals surface area (Å²) in [4.78, 5) is 16.7. The van der Waals surface area contributed by atoms with Crippen LogP contribution in [0.5, 0.6) is 0 Å². The van der Waals surface area contributed by atoms with Crippen molar-refractivity contribution in [2.75, 3.05) is 44.4 Å². The first kappa shape index (κ1) is 16.0. The number of likely N-dealkylation sites (tertiary alicyclic amines) is 1. The lowest BCUT2D eigenvalue weighted by atomic mass is 10.1. The fourth-order valence-corrected chi connectivity index (χ4v) is 3.53. The molecule has 1 saturated heterocycles. The van der Waals surface area contributed by atoms with Gasteiger partial charge in [0, 0.05) is 26.2 Å². The smallest absolute Gasteiger partial charge is 0.258 e. The van der Waals surface area contributed by atoms with Crippen LogP contribution in [0.3, 0.4) is 0 Å². The molecule has 1 fully saturated rings. The Morgan fingerprint density at radius 3 is 2.90 bits per heavy atom. The summed E-state index contributed by atoms with van der Waals surface area (Å²) in [6.07, 6.45) is 1.20. The van der Waals surface area contributed by atoms with Crippen LogP contribution in [0.2, 0.25) is 0 Å². The van der Waals surface area contributed by atoms with Gasteiger partial charge in [-0.05, 0) is 51.3 Å². The molecular formula is C14H25N5OS. The van der Waals surface area contributed by atoms with Gasteiger partial charge >= 0.3 is 0 Å². The fourth-order valence-electron chi connectivity index (χ4n) is 2.75. The van der Waals surface area contributed by atoms with Gasteiger partial charge in [0.05, 0.1) is 0 Å². The van der Waals surface area contributed by atoms with Crippen LogP contribution < -0.4 is 16.0 Å². The number of nitrogen functional groups attached to an aromatic ring is 1. The van der Waals surface area contributed by atoms with Gasteiger partial charge in [-0.15, -0.1) is 0 Å². The number of anilines is 2. The number of aromatic nitrogens is 1. The van der Waals surface area contributed by atoms with Gasteiger partial charge in [0.25, 0.3) is 5.91 Å². The molecule has 118 valence electrons. The molecule has 0 aromatic carbocycles. The van der Waals surface area contributed by atoms with Crippen LogP contribution in [0, 0.1) is 5.92 Å². The molecule has 1 atom stereocenters. The minimum atomic E-state index is -0.137. The Labute approximate surface area is 130 Å². The Hall–Kier alpha value is -1.34. The molecule has 21 heavy (non-hydrogen) atoms. The molecule has 1 aliphatic heterocycles. The van der Waals surface area contributed by atoms with Gasteiger partial charge in [-0.3, -0.25) is 4.79 Å². The zero-order valence-electron chi connectivity index (χ0n) is 13.2. The van der Waals surface area contributed by atoms with Gasteiger partial charge in [-0.2, -0.15) is 4.37 Å². The molecule has 6 nitrogen and oxygen atoms in total. The fraction of sp³-hybridized carbons (Fsp3) is 0.714. The molecule has 7 heteroatoms. The summed E-state index contributed by atoms with van der Waals surface area (Å²) >= 11 is 1.30. The predicted molar refractivity (Wildman–Crippen MR) is 88.0 cm³/mol. The Kier molecular flexibility index (Phi) is 5.05. The van der Waals surface area contributed by atoms with E-state index in [1.54, 1.807) is 0 Å². The minimum Gasteiger partial charge on any atom is -0.382 e. The average molecular weight is 311 g/mol. The topological polar surface area (TPSA) is 74.5 Å². The number of carbonyl (C=O) groups excluding carboxylic acids is 1. The van der Waals surface area contributed by atoms with Crippen LogP contribution in [0.15, 0.2) is 0 Å². The molecule has 1 unspecified atom stereocenters. The normalized spacial score (nSPS) is 19.2. The molecule has 0 bridgehead atoms. The number of hydrogen-bond donors (Lipinski definition) is 2. The maximum atomic E-state index is 12.3. The number of nitrogens with one attached hydrogen (secondary N) is 1. The van der Waals surface area contributed by atoms with Crippen molar-refractivity contribution in [3.8, 4) is 0 Å². The number of rotatable bonds is 5. The van der Waals surface area contributed by atoms with E-state index >= 15 is 0 Å². The number of amides is 1. The van der Waals surface area contributed by atoms with Crippen molar-refractivity contribution in [3.05, 3.63) is 5.56 Å². The Bertz CT molecular complexity index is 502. The van der Waals surface area contributed by atoms with Crippen LogP contribution in [0.4, 0.5) is 10.8 Å². The van der Waals surface area contributed by atoms with E-state index in [0.29, 0.717) is 17.3 Å². The van der Waals surface area contributed by atoms with Crippen molar-refractivity contribution >= 4 is 28.3 Å². The van der Waals surface area contributed by atoms with Gasteiger partial charge in [0.15, 0.2) is 5.82 Å². The molecule has 3 N–H and O–H groups in total. The molecular weight excluding hydrogens is 286 g/mol. The van der Waals surface area contributed by atoms with Gasteiger partial charge in [-0.1, -0.05) is 0 Å². The summed E-state index contributed by atoms with van der Waals surface area (Å²) < 4.78 is 4.16. The zero-order valence-corrected chi connectivity index (χ0v) is 14.0. The number of nitrogens with two attached hydrogens (primary N) is 1. The van der Waals surface area contributed by atoms with Crippen molar-refractivity contribution < 1.29 is 4.79 Å². The van der Waals surface area contributed by atoms with Crippen LogP contribution in [-0.2, 0) is 0 Å². The van der Waals surface area contributed by atoms with Crippen molar-refractivity contribution in [1.29, 1.82) is 0 Å². The third kappa shape index (κ3) is 3.85. The van der Waals surface area contributed by atoms with E-state index in [2.05, 4.69) is 26.5 Å². The molecule has 0 saturated carbocycles. The second-order valence-corrected chi connectivity index (χ2v) is 6.93. The maximum absolute atomic E-state index is 12.3. The Morgan fingerprint density at radius 1 is 1.62 bits per heavy atom. The van der Waals surface area contributed by atoms with Crippen molar-refractivity contribution in [2.24, 2.45) is 5.92 Å². The lowest BCUT2D eigenvalue weighted by molar-refractivity contribution is 0.0944. The summed E-state index contributed by atoms with van der Waals surface area (Å²) in [6.45, 7) is 7.04. The lowest BCUT2D eigenvalue weighted by Crippen LogP contribution is -2.33.